The third kappa shape index (κ3) is 3.81. The molecule has 0 heterocycles. The van der Waals surface area contributed by atoms with E-state index in [-0.39, 0.29) is 11.5 Å². The molecular formula is C16H24N2O2. The zero-order valence-electron chi connectivity index (χ0n) is 12.4. The van der Waals surface area contributed by atoms with Crippen molar-refractivity contribution in [1.82, 2.24) is 5.32 Å². The summed E-state index contributed by atoms with van der Waals surface area (Å²) in [4.78, 5) is 12.0. The molecule has 1 aliphatic rings. The molecule has 0 saturated heterocycles. The van der Waals surface area contributed by atoms with Gasteiger partial charge in [-0.3, -0.25) is 4.79 Å². The van der Waals surface area contributed by atoms with Gasteiger partial charge in [0.15, 0.2) is 0 Å². The first kappa shape index (κ1) is 15.0. The second-order valence-corrected chi connectivity index (χ2v) is 5.44. The molecule has 4 heteroatoms. The van der Waals surface area contributed by atoms with Crippen LogP contribution in [0.5, 0.6) is 0 Å². The Balaban J connectivity index is 1.84. The Hall–Kier alpha value is -1.39. The summed E-state index contributed by atoms with van der Waals surface area (Å²) in [5.41, 5.74) is 1.85. The highest BCUT2D eigenvalue weighted by atomic mass is 16.5. The molecule has 0 radical (unpaired) electrons. The van der Waals surface area contributed by atoms with Gasteiger partial charge >= 0.3 is 0 Å². The molecule has 4 nitrogen and oxygen atoms in total. The largest absolute Gasteiger partial charge is 0.378 e. The van der Waals surface area contributed by atoms with Gasteiger partial charge in [0.2, 0.25) is 5.91 Å². The maximum atomic E-state index is 12.0. The number of hydrogen-bond acceptors (Lipinski definition) is 3. The Bertz CT molecular complexity index is 433. The van der Waals surface area contributed by atoms with E-state index in [1.165, 1.54) is 5.56 Å². The second kappa shape index (κ2) is 6.86. The topological polar surface area (TPSA) is 50.4 Å². The number of anilines is 1. The number of amides is 1. The highest BCUT2D eigenvalue weighted by Gasteiger charge is 2.38. The van der Waals surface area contributed by atoms with Crippen LogP contribution in [0.15, 0.2) is 24.3 Å². The lowest BCUT2D eigenvalue weighted by Crippen LogP contribution is -2.42. The highest BCUT2D eigenvalue weighted by Crippen LogP contribution is 2.38. The fourth-order valence-corrected chi connectivity index (χ4v) is 2.50. The van der Waals surface area contributed by atoms with Gasteiger partial charge in [-0.2, -0.15) is 0 Å². The molecule has 1 amide bonds. The SMILES string of the molecule is CCNCc1ccc(NC(=O)CC2(OC)CCC2)cc1. The quantitative estimate of drug-likeness (QED) is 0.805. The van der Waals surface area contributed by atoms with Crippen molar-refractivity contribution in [2.24, 2.45) is 0 Å². The molecule has 110 valence electrons. The minimum atomic E-state index is -0.213. The molecule has 2 N–H and O–H groups in total. The summed E-state index contributed by atoms with van der Waals surface area (Å²) in [6.07, 6.45) is 3.57. The number of carbonyl (C=O) groups excluding carboxylic acids is 1. The summed E-state index contributed by atoms with van der Waals surface area (Å²) >= 11 is 0. The number of carbonyl (C=O) groups is 1. The zero-order chi connectivity index (χ0) is 14.4. The first-order valence-corrected chi connectivity index (χ1v) is 7.32. The first-order valence-electron chi connectivity index (χ1n) is 7.32. The fourth-order valence-electron chi connectivity index (χ4n) is 2.50. The van der Waals surface area contributed by atoms with E-state index in [0.717, 1.165) is 38.0 Å². The van der Waals surface area contributed by atoms with Crippen LogP contribution >= 0.6 is 0 Å². The van der Waals surface area contributed by atoms with Crippen LogP contribution in [0, 0.1) is 0 Å². The van der Waals surface area contributed by atoms with Crippen molar-refractivity contribution >= 4 is 11.6 Å². The van der Waals surface area contributed by atoms with Gasteiger partial charge in [0.1, 0.15) is 0 Å². The number of methoxy groups -OCH3 is 1. The number of benzene rings is 1. The molecule has 1 aromatic rings. The lowest BCUT2D eigenvalue weighted by molar-refractivity contribution is -0.129. The Kier molecular flexibility index (Phi) is 5.15. The number of ether oxygens (including phenoxy) is 1. The average Bonchev–Trinajstić information content (AvgIpc) is 2.42. The van der Waals surface area contributed by atoms with E-state index in [4.69, 9.17) is 4.74 Å². The molecule has 2 rings (SSSR count). The molecule has 0 bridgehead atoms. The van der Waals surface area contributed by atoms with E-state index in [2.05, 4.69) is 17.6 Å². The Morgan fingerprint density at radius 2 is 2.00 bits per heavy atom. The van der Waals surface area contributed by atoms with Gasteiger partial charge < -0.3 is 15.4 Å². The standard InChI is InChI=1S/C16H24N2O2/c1-3-17-12-13-5-7-14(8-6-13)18-15(19)11-16(20-2)9-4-10-16/h5-8,17H,3-4,9-12H2,1-2H3,(H,18,19). The van der Waals surface area contributed by atoms with Gasteiger partial charge in [0.25, 0.3) is 0 Å². The summed E-state index contributed by atoms with van der Waals surface area (Å²) in [5.74, 6) is 0.0333. The van der Waals surface area contributed by atoms with Crippen molar-refractivity contribution in [2.45, 2.75) is 44.8 Å². The van der Waals surface area contributed by atoms with Crippen LogP contribution in [0.25, 0.3) is 0 Å². The second-order valence-electron chi connectivity index (χ2n) is 5.44. The molecule has 1 fully saturated rings. The van der Waals surface area contributed by atoms with Crippen molar-refractivity contribution in [3.8, 4) is 0 Å². The van der Waals surface area contributed by atoms with Crippen LogP contribution in [0.4, 0.5) is 5.69 Å². The Morgan fingerprint density at radius 1 is 1.30 bits per heavy atom. The van der Waals surface area contributed by atoms with Crippen molar-refractivity contribution < 1.29 is 9.53 Å². The van der Waals surface area contributed by atoms with E-state index >= 15 is 0 Å². The number of rotatable bonds is 7. The summed E-state index contributed by atoms with van der Waals surface area (Å²) in [5, 5.41) is 6.22. The highest BCUT2D eigenvalue weighted by molar-refractivity contribution is 5.91. The van der Waals surface area contributed by atoms with Crippen LogP contribution < -0.4 is 10.6 Å². The van der Waals surface area contributed by atoms with E-state index in [9.17, 15) is 4.79 Å². The minimum absolute atomic E-state index is 0.0333. The van der Waals surface area contributed by atoms with Gasteiger partial charge in [-0.05, 0) is 43.5 Å². The lowest BCUT2D eigenvalue weighted by Gasteiger charge is -2.39. The van der Waals surface area contributed by atoms with Crippen molar-refractivity contribution in [3.63, 3.8) is 0 Å². The Labute approximate surface area is 120 Å². The molecule has 0 spiro atoms. The molecule has 0 aliphatic heterocycles. The number of hydrogen-bond donors (Lipinski definition) is 2. The monoisotopic (exact) mass is 276 g/mol. The lowest BCUT2D eigenvalue weighted by atomic mass is 9.77. The maximum absolute atomic E-state index is 12.0. The van der Waals surface area contributed by atoms with Crippen LogP contribution in [-0.4, -0.2) is 25.2 Å². The van der Waals surface area contributed by atoms with Crippen molar-refractivity contribution in [2.75, 3.05) is 19.0 Å². The zero-order valence-corrected chi connectivity index (χ0v) is 12.4. The smallest absolute Gasteiger partial charge is 0.227 e. The summed E-state index contributed by atoms with van der Waals surface area (Å²) in [6, 6.07) is 7.97. The van der Waals surface area contributed by atoms with Crippen molar-refractivity contribution in [3.05, 3.63) is 29.8 Å². The van der Waals surface area contributed by atoms with Gasteiger partial charge in [-0.1, -0.05) is 19.1 Å². The van der Waals surface area contributed by atoms with E-state index in [1.54, 1.807) is 7.11 Å². The van der Waals surface area contributed by atoms with E-state index in [0.29, 0.717) is 6.42 Å². The molecule has 20 heavy (non-hydrogen) atoms. The first-order chi connectivity index (χ1) is 9.67. The van der Waals surface area contributed by atoms with Gasteiger partial charge in [-0.15, -0.1) is 0 Å². The summed E-state index contributed by atoms with van der Waals surface area (Å²) < 4.78 is 5.48. The average molecular weight is 276 g/mol. The maximum Gasteiger partial charge on any atom is 0.227 e. The van der Waals surface area contributed by atoms with Crippen LogP contribution in [0.1, 0.15) is 38.2 Å². The molecule has 0 unspecified atom stereocenters. The molecule has 0 aromatic heterocycles. The minimum Gasteiger partial charge on any atom is -0.378 e. The number of nitrogens with one attached hydrogen (secondary N) is 2. The predicted molar refractivity (Wildman–Crippen MR) is 80.7 cm³/mol. The van der Waals surface area contributed by atoms with Gasteiger partial charge in [0.05, 0.1) is 12.0 Å². The van der Waals surface area contributed by atoms with Crippen LogP contribution in [0.3, 0.4) is 0 Å². The van der Waals surface area contributed by atoms with E-state index < -0.39 is 0 Å². The fraction of sp³-hybridized carbons (Fsp3) is 0.562. The third-order valence-electron chi connectivity index (χ3n) is 4.00. The molecule has 1 aromatic carbocycles. The predicted octanol–water partition coefficient (Wildman–Crippen LogP) is 2.69. The summed E-state index contributed by atoms with van der Waals surface area (Å²) in [7, 11) is 1.70. The normalized spacial score (nSPS) is 16.5. The third-order valence-corrected chi connectivity index (χ3v) is 4.00. The molecule has 1 saturated carbocycles. The Morgan fingerprint density at radius 3 is 2.50 bits per heavy atom. The molecule has 1 aliphatic carbocycles. The van der Waals surface area contributed by atoms with Crippen LogP contribution in [0.2, 0.25) is 0 Å². The summed E-state index contributed by atoms with van der Waals surface area (Å²) in [6.45, 7) is 3.90. The molecular weight excluding hydrogens is 252 g/mol. The van der Waals surface area contributed by atoms with Gasteiger partial charge in [-0.25, -0.2) is 0 Å². The molecule has 0 atom stereocenters. The van der Waals surface area contributed by atoms with Gasteiger partial charge in [0, 0.05) is 19.3 Å². The van der Waals surface area contributed by atoms with Crippen molar-refractivity contribution in [1.29, 1.82) is 0 Å². The van der Waals surface area contributed by atoms with Crippen LogP contribution in [-0.2, 0) is 16.1 Å². The van der Waals surface area contributed by atoms with E-state index in [1.807, 2.05) is 24.3 Å².